The van der Waals surface area contributed by atoms with Crippen molar-refractivity contribution in [3.05, 3.63) is 29.8 Å². The predicted octanol–water partition coefficient (Wildman–Crippen LogP) is 3.42. The first-order valence-corrected chi connectivity index (χ1v) is 8.21. The Balaban J connectivity index is 2.48. The van der Waals surface area contributed by atoms with Crippen LogP contribution in [0.4, 0.5) is 0 Å². The Morgan fingerprint density at radius 2 is 1.90 bits per heavy atom. The van der Waals surface area contributed by atoms with Crippen LogP contribution in [0, 0.1) is 5.41 Å². The van der Waals surface area contributed by atoms with Gasteiger partial charge in [-0.05, 0) is 36.6 Å². The van der Waals surface area contributed by atoms with Gasteiger partial charge in [-0.3, -0.25) is 9.59 Å². The molecule has 4 nitrogen and oxygen atoms in total. The first-order chi connectivity index (χ1) is 9.85. The van der Waals surface area contributed by atoms with E-state index in [9.17, 15) is 9.59 Å². The van der Waals surface area contributed by atoms with E-state index in [1.165, 1.54) is 0 Å². The molecule has 0 aliphatic carbocycles. The molecule has 1 aromatic carbocycles. The third-order valence-corrected chi connectivity index (χ3v) is 4.25. The molecule has 116 valence electrons. The highest BCUT2D eigenvalue weighted by Crippen LogP contribution is 2.26. The smallest absolute Gasteiger partial charge is 0.303 e. The minimum Gasteiger partial charge on any atom is -0.481 e. The highest BCUT2D eigenvalue weighted by molar-refractivity contribution is 7.98. The summed E-state index contributed by atoms with van der Waals surface area (Å²) in [5.41, 5.74) is 0.596. The Morgan fingerprint density at radius 3 is 2.52 bits per heavy atom. The van der Waals surface area contributed by atoms with Gasteiger partial charge in [0.2, 0.25) is 0 Å². The van der Waals surface area contributed by atoms with Gasteiger partial charge in [0.25, 0.3) is 5.91 Å². The molecular weight excluding hydrogens is 286 g/mol. The quantitative estimate of drug-likeness (QED) is 0.722. The number of aliphatic carboxylic acids is 1. The van der Waals surface area contributed by atoms with Crippen molar-refractivity contribution in [2.24, 2.45) is 5.41 Å². The molecular formula is C16H23NO3S. The number of thioether (sulfide) groups is 1. The fraction of sp³-hybridized carbons (Fsp3) is 0.500. The lowest BCUT2D eigenvalue weighted by atomic mass is 9.84. The molecule has 0 saturated carbocycles. The number of nitrogens with one attached hydrogen (secondary N) is 1. The highest BCUT2D eigenvalue weighted by atomic mass is 32.2. The highest BCUT2D eigenvalue weighted by Gasteiger charge is 2.19. The molecule has 0 spiro atoms. The number of carboxylic acid groups (broad SMARTS) is 1. The van der Waals surface area contributed by atoms with Gasteiger partial charge in [-0.2, -0.15) is 0 Å². The average Bonchev–Trinajstić information content (AvgIpc) is 2.45. The van der Waals surface area contributed by atoms with Crippen LogP contribution < -0.4 is 5.32 Å². The van der Waals surface area contributed by atoms with Crippen molar-refractivity contribution in [3.63, 3.8) is 0 Å². The number of hydrogen-bond donors (Lipinski definition) is 2. The number of carbonyl (C=O) groups is 2. The fourth-order valence-electron chi connectivity index (χ4n) is 2.01. The second kappa shape index (κ2) is 8.08. The van der Waals surface area contributed by atoms with Crippen molar-refractivity contribution in [1.29, 1.82) is 0 Å². The van der Waals surface area contributed by atoms with Gasteiger partial charge in [0.05, 0.1) is 5.56 Å². The van der Waals surface area contributed by atoms with Crippen molar-refractivity contribution < 1.29 is 14.7 Å². The second-order valence-electron chi connectivity index (χ2n) is 5.76. The molecule has 5 heteroatoms. The van der Waals surface area contributed by atoms with Crippen LogP contribution in [0.5, 0.6) is 0 Å². The van der Waals surface area contributed by atoms with Crippen LogP contribution in [0.3, 0.4) is 0 Å². The Morgan fingerprint density at radius 1 is 1.24 bits per heavy atom. The van der Waals surface area contributed by atoms with E-state index in [1.807, 2.05) is 44.4 Å². The van der Waals surface area contributed by atoms with Gasteiger partial charge in [-0.1, -0.05) is 26.0 Å². The lowest BCUT2D eigenvalue weighted by molar-refractivity contribution is -0.137. The zero-order valence-electron chi connectivity index (χ0n) is 12.8. The van der Waals surface area contributed by atoms with Crippen molar-refractivity contribution in [1.82, 2.24) is 5.32 Å². The van der Waals surface area contributed by atoms with Gasteiger partial charge in [0, 0.05) is 17.9 Å². The van der Waals surface area contributed by atoms with Crippen LogP contribution in [0.15, 0.2) is 29.2 Å². The summed E-state index contributed by atoms with van der Waals surface area (Å²) in [7, 11) is 0. The third kappa shape index (κ3) is 6.21. The van der Waals surface area contributed by atoms with E-state index in [2.05, 4.69) is 5.32 Å². The van der Waals surface area contributed by atoms with Gasteiger partial charge in [0.15, 0.2) is 0 Å². The molecule has 0 radical (unpaired) electrons. The predicted molar refractivity (Wildman–Crippen MR) is 85.8 cm³/mol. The Bertz CT molecular complexity index is 500. The van der Waals surface area contributed by atoms with Gasteiger partial charge >= 0.3 is 5.97 Å². The molecule has 0 fully saturated rings. The van der Waals surface area contributed by atoms with Crippen LogP contribution in [0.2, 0.25) is 0 Å². The number of carbonyl (C=O) groups excluding carboxylic acids is 1. The topological polar surface area (TPSA) is 66.4 Å². The molecule has 0 saturated heterocycles. The first kappa shape index (κ1) is 17.6. The molecule has 2 N–H and O–H groups in total. The van der Waals surface area contributed by atoms with E-state index in [4.69, 9.17) is 5.11 Å². The van der Waals surface area contributed by atoms with Crippen LogP contribution in [-0.2, 0) is 4.79 Å². The third-order valence-electron chi connectivity index (χ3n) is 3.45. The summed E-state index contributed by atoms with van der Waals surface area (Å²) < 4.78 is 0. The molecule has 1 aromatic rings. The van der Waals surface area contributed by atoms with Crippen LogP contribution in [-0.4, -0.2) is 29.8 Å². The van der Waals surface area contributed by atoms with E-state index in [-0.39, 0.29) is 17.7 Å². The number of amides is 1. The van der Waals surface area contributed by atoms with Gasteiger partial charge in [-0.15, -0.1) is 11.8 Å². The lowest BCUT2D eigenvalue weighted by Crippen LogP contribution is -2.28. The summed E-state index contributed by atoms with van der Waals surface area (Å²) >= 11 is 1.55. The van der Waals surface area contributed by atoms with Crippen molar-refractivity contribution in [2.75, 3.05) is 12.8 Å². The zero-order chi connectivity index (χ0) is 15.9. The van der Waals surface area contributed by atoms with E-state index >= 15 is 0 Å². The maximum Gasteiger partial charge on any atom is 0.303 e. The first-order valence-electron chi connectivity index (χ1n) is 6.99. The minimum absolute atomic E-state index is 0.0750. The summed E-state index contributed by atoms with van der Waals surface area (Å²) in [6.45, 7) is 4.60. The molecule has 1 amide bonds. The number of benzene rings is 1. The number of rotatable bonds is 8. The second-order valence-corrected chi connectivity index (χ2v) is 6.61. The van der Waals surface area contributed by atoms with E-state index < -0.39 is 5.97 Å². The van der Waals surface area contributed by atoms with Gasteiger partial charge in [0.1, 0.15) is 0 Å². The van der Waals surface area contributed by atoms with Gasteiger partial charge in [-0.25, -0.2) is 0 Å². The summed E-state index contributed by atoms with van der Waals surface area (Å²) in [6, 6.07) is 7.51. The normalized spacial score (nSPS) is 11.2. The molecule has 1 rings (SSSR count). The SMILES string of the molecule is CSc1ccccc1C(=O)NCCC(C)(C)CCC(=O)O. The Kier molecular flexibility index (Phi) is 6.75. The van der Waals surface area contributed by atoms with Crippen molar-refractivity contribution >= 4 is 23.6 Å². The molecule has 0 atom stereocenters. The van der Waals surface area contributed by atoms with Crippen LogP contribution >= 0.6 is 11.8 Å². The Hall–Kier alpha value is -1.49. The largest absolute Gasteiger partial charge is 0.481 e. The summed E-state index contributed by atoms with van der Waals surface area (Å²) in [5.74, 6) is -0.852. The molecule has 0 bridgehead atoms. The number of carboxylic acids is 1. The van der Waals surface area contributed by atoms with Crippen molar-refractivity contribution in [3.8, 4) is 0 Å². The Labute approximate surface area is 130 Å². The average molecular weight is 309 g/mol. The fourth-order valence-corrected chi connectivity index (χ4v) is 2.61. The zero-order valence-corrected chi connectivity index (χ0v) is 13.6. The van der Waals surface area contributed by atoms with Crippen LogP contribution in [0.25, 0.3) is 0 Å². The molecule has 0 heterocycles. The maximum atomic E-state index is 12.2. The van der Waals surface area contributed by atoms with Crippen LogP contribution in [0.1, 0.15) is 43.5 Å². The summed E-state index contributed by atoms with van der Waals surface area (Å²) in [6.07, 6.45) is 3.48. The molecule has 0 unspecified atom stereocenters. The summed E-state index contributed by atoms with van der Waals surface area (Å²) in [5, 5.41) is 11.6. The lowest BCUT2D eigenvalue weighted by Gasteiger charge is -2.23. The monoisotopic (exact) mass is 309 g/mol. The maximum absolute atomic E-state index is 12.2. The molecule has 21 heavy (non-hydrogen) atoms. The van der Waals surface area contributed by atoms with E-state index in [0.29, 0.717) is 18.5 Å². The van der Waals surface area contributed by atoms with Gasteiger partial charge < -0.3 is 10.4 Å². The van der Waals surface area contributed by atoms with E-state index in [1.54, 1.807) is 11.8 Å². The summed E-state index contributed by atoms with van der Waals surface area (Å²) in [4.78, 5) is 23.7. The molecule has 0 aliphatic rings. The number of hydrogen-bond acceptors (Lipinski definition) is 3. The standard InChI is InChI=1S/C16H23NO3S/c1-16(2,9-8-14(18)19)10-11-17-15(20)12-6-4-5-7-13(12)21-3/h4-7H,8-11H2,1-3H3,(H,17,20)(H,18,19). The van der Waals surface area contributed by atoms with Crippen molar-refractivity contribution in [2.45, 2.75) is 38.0 Å². The minimum atomic E-state index is -0.777. The van der Waals surface area contributed by atoms with E-state index in [0.717, 1.165) is 11.3 Å². The molecule has 0 aliphatic heterocycles. The molecule has 0 aromatic heterocycles.